The van der Waals surface area contributed by atoms with Crippen LogP contribution in [0.2, 0.25) is 0 Å². The second-order valence-electron chi connectivity index (χ2n) is 3.98. The molecule has 94 valence electrons. The maximum Gasteiger partial charge on any atom is 0.321 e. The second kappa shape index (κ2) is 5.31. The van der Waals surface area contributed by atoms with E-state index in [0.717, 1.165) is 0 Å². The summed E-state index contributed by atoms with van der Waals surface area (Å²) in [7, 11) is 0. The standard InChI is InChI=1S/C12H16O4S/c1-4-16-11(15)12(2,3)17-8-5-6-9(13)10(14)7-8/h5-7,13-14H,4H2,1-3H3. The van der Waals surface area contributed by atoms with Crippen LogP contribution >= 0.6 is 11.8 Å². The molecule has 0 atom stereocenters. The van der Waals surface area contributed by atoms with Crippen LogP contribution in [-0.4, -0.2) is 27.5 Å². The molecule has 0 saturated heterocycles. The van der Waals surface area contributed by atoms with E-state index in [1.165, 1.54) is 23.9 Å². The van der Waals surface area contributed by atoms with Gasteiger partial charge in [0.05, 0.1) is 6.61 Å². The highest BCUT2D eigenvalue weighted by Gasteiger charge is 2.30. The summed E-state index contributed by atoms with van der Waals surface area (Å²) in [6.45, 7) is 5.59. The maximum atomic E-state index is 11.7. The molecule has 0 aliphatic heterocycles. The first-order valence-electron chi connectivity index (χ1n) is 5.25. The van der Waals surface area contributed by atoms with E-state index in [2.05, 4.69) is 0 Å². The molecule has 17 heavy (non-hydrogen) atoms. The van der Waals surface area contributed by atoms with Gasteiger partial charge in [0, 0.05) is 4.90 Å². The predicted molar refractivity (Wildman–Crippen MR) is 66.3 cm³/mol. The summed E-state index contributed by atoms with van der Waals surface area (Å²) >= 11 is 1.27. The van der Waals surface area contributed by atoms with E-state index in [0.29, 0.717) is 11.5 Å². The summed E-state index contributed by atoms with van der Waals surface area (Å²) in [5.41, 5.74) is 0. The largest absolute Gasteiger partial charge is 0.504 e. The summed E-state index contributed by atoms with van der Waals surface area (Å²) in [4.78, 5) is 12.4. The van der Waals surface area contributed by atoms with Crippen molar-refractivity contribution in [1.82, 2.24) is 0 Å². The molecule has 5 heteroatoms. The fourth-order valence-corrected chi connectivity index (χ4v) is 2.25. The molecule has 0 amide bonds. The fourth-order valence-electron chi connectivity index (χ4n) is 1.21. The van der Waals surface area contributed by atoms with E-state index >= 15 is 0 Å². The lowest BCUT2D eigenvalue weighted by atomic mass is 10.2. The second-order valence-corrected chi connectivity index (χ2v) is 5.68. The minimum absolute atomic E-state index is 0.178. The Morgan fingerprint density at radius 2 is 2.00 bits per heavy atom. The van der Waals surface area contributed by atoms with Crippen LogP contribution < -0.4 is 0 Å². The Labute approximate surface area is 105 Å². The molecule has 0 unspecified atom stereocenters. The van der Waals surface area contributed by atoms with Crippen LogP contribution in [0.25, 0.3) is 0 Å². The third kappa shape index (κ3) is 3.56. The van der Waals surface area contributed by atoms with Gasteiger partial charge in [0.2, 0.25) is 0 Å². The molecule has 1 rings (SSSR count). The number of carbonyl (C=O) groups is 1. The van der Waals surface area contributed by atoms with Gasteiger partial charge < -0.3 is 14.9 Å². The first-order chi connectivity index (χ1) is 7.86. The normalized spacial score (nSPS) is 11.2. The van der Waals surface area contributed by atoms with Crippen molar-refractivity contribution in [2.24, 2.45) is 0 Å². The van der Waals surface area contributed by atoms with Crippen molar-refractivity contribution in [2.75, 3.05) is 6.61 Å². The van der Waals surface area contributed by atoms with Gasteiger partial charge in [-0.05, 0) is 39.0 Å². The van der Waals surface area contributed by atoms with Crippen LogP contribution in [0.5, 0.6) is 11.5 Å². The van der Waals surface area contributed by atoms with Crippen LogP contribution in [0.3, 0.4) is 0 Å². The van der Waals surface area contributed by atoms with Gasteiger partial charge in [0.1, 0.15) is 4.75 Å². The van der Waals surface area contributed by atoms with Gasteiger partial charge in [-0.1, -0.05) is 0 Å². The number of benzene rings is 1. The Hall–Kier alpha value is -1.36. The molecule has 0 aliphatic rings. The smallest absolute Gasteiger partial charge is 0.321 e. The number of phenolic OH excluding ortho intramolecular Hbond substituents is 2. The zero-order valence-corrected chi connectivity index (χ0v) is 10.9. The molecule has 0 fully saturated rings. The van der Waals surface area contributed by atoms with Crippen LogP contribution in [-0.2, 0) is 9.53 Å². The average molecular weight is 256 g/mol. The number of carbonyl (C=O) groups excluding carboxylic acids is 1. The lowest BCUT2D eigenvalue weighted by molar-refractivity contribution is -0.145. The van der Waals surface area contributed by atoms with E-state index < -0.39 is 4.75 Å². The van der Waals surface area contributed by atoms with Gasteiger partial charge in [-0.25, -0.2) is 0 Å². The molecule has 0 heterocycles. The molecule has 1 aromatic carbocycles. The number of phenols is 2. The molecule has 0 spiro atoms. The zero-order valence-electron chi connectivity index (χ0n) is 10.1. The summed E-state index contributed by atoms with van der Waals surface area (Å²) in [6, 6.07) is 4.45. The van der Waals surface area contributed by atoms with Gasteiger partial charge in [-0.3, -0.25) is 4.79 Å². The number of ether oxygens (including phenoxy) is 1. The van der Waals surface area contributed by atoms with Crippen molar-refractivity contribution in [3.05, 3.63) is 18.2 Å². The Morgan fingerprint density at radius 3 is 2.53 bits per heavy atom. The van der Waals surface area contributed by atoms with Gasteiger partial charge in [-0.15, -0.1) is 11.8 Å². The van der Waals surface area contributed by atoms with Gasteiger partial charge in [-0.2, -0.15) is 0 Å². The molecule has 0 radical (unpaired) electrons. The molecule has 4 nitrogen and oxygen atoms in total. The van der Waals surface area contributed by atoms with Gasteiger partial charge >= 0.3 is 5.97 Å². The van der Waals surface area contributed by atoms with Crippen LogP contribution in [0.1, 0.15) is 20.8 Å². The lowest BCUT2D eigenvalue weighted by Crippen LogP contribution is -2.29. The van der Waals surface area contributed by atoms with Crippen LogP contribution in [0, 0.1) is 0 Å². The summed E-state index contributed by atoms with van der Waals surface area (Å²) in [6.07, 6.45) is 0. The summed E-state index contributed by atoms with van der Waals surface area (Å²) < 4.78 is 4.22. The highest BCUT2D eigenvalue weighted by molar-refractivity contribution is 8.01. The predicted octanol–water partition coefficient (Wildman–Crippen LogP) is 2.53. The summed E-state index contributed by atoms with van der Waals surface area (Å²) in [5.74, 6) is -0.685. The first-order valence-corrected chi connectivity index (χ1v) is 6.06. The van der Waals surface area contributed by atoms with Crippen molar-refractivity contribution in [3.63, 3.8) is 0 Å². The highest BCUT2D eigenvalue weighted by Crippen LogP contribution is 2.37. The monoisotopic (exact) mass is 256 g/mol. The summed E-state index contributed by atoms with van der Waals surface area (Å²) in [5, 5.41) is 18.5. The van der Waals surface area contributed by atoms with Crippen molar-refractivity contribution in [2.45, 2.75) is 30.4 Å². The number of hydrogen-bond donors (Lipinski definition) is 2. The maximum absolute atomic E-state index is 11.7. The van der Waals surface area contributed by atoms with Crippen molar-refractivity contribution < 1.29 is 19.7 Å². The Bertz CT molecular complexity index is 415. The molecule has 0 saturated carbocycles. The number of thioether (sulfide) groups is 1. The zero-order chi connectivity index (χ0) is 13.1. The number of aromatic hydroxyl groups is 2. The third-order valence-corrected chi connectivity index (χ3v) is 3.25. The van der Waals surface area contributed by atoms with E-state index in [9.17, 15) is 15.0 Å². The molecule has 0 aliphatic carbocycles. The topological polar surface area (TPSA) is 66.8 Å². The third-order valence-electron chi connectivity index (χ3n) is 2.09. The molecule has 2 N–H and O–H groups in total. The first kappa shape index (κ1) is 13.7. The van der Waals surface area contributed by atoms with Crippen molar-refractivity contribution in [1.29, 1.82) is 0 Å². The van der Waals surface area contributed by atoms with Crippen molar-refractivity contribution >= 4 is 17.7 Å². The SMILES string of the molecule is CCOC(=O)C(C)(C)Sc1ccc(O)c(O)c1. The minimum atomic E-state index is -0.737. The molecule has 0 aromatic heterocycles. The van der Waals surface area contributed by atoms with Gasteiger partial charge in [0.15, 0.2) is 11.5 Å². The van der Waals surface area contributed by atoms with E-state index in [1.54, 1.807) is 26.8 Å². The quantitative estimate of drug-likeness (QED) is 0.492. The van der Waals surface area contributed by atoms with E-state index in [-0.39, 0.29) is 17.5 Å². The lowest BCUT2D eigenvalue weighted by Gasteiger charge is -2.21. The Morgan fingerprint density at radius 1 is 1.35 bits per heavy atom. The number of rotatable bonds is 4. The average Bonchev–Trinajstić information content (AvgIpc) is 2.23. The molecule has 0 bridgehead atoms. The minimum Gasteiger partial charge on any atom is -0.504 e. The molecular weight excluding hydrogens is 240 g/mol. The van der Waals surface area contributed by atoms with Crippen LogP contribution in [0.15, 0.2) is 23.1 Å². The highest BCUT2D eigenvalue weighted by atomic mass is 32.2. The molecular formula is C12H16O4S. The fraction of sp³-hybridized carbons (Fsp3) is 0.417. The van der Waals surface area contributed by atoms with E-state index in [1.807, 2.05) is 0 Å². The Balaban J connectivity index is 2.82. The number of esters is 1. The van der Waals surface area contributed by atoms with E-state index in [4.69, 9.17) is 4.74 Å². The molecule has 1 aromatic rings. The van der Waals surface area contributed by atoms with Crippen molar-refractivity contribution in [3.8, 4) is 11.5 Å². The van der Waals surface area contributed by atoms with Gasteiger partial charge in [0.25, 0.3) is 0 Å². The van der Waals surface area contributed by atoms with Crippen LogP contribution in [0.4, 0.5) is 0 Å². The Kier molecular flexibility index (Phi) is 4.28. The number of hydrogen-bond acceptors (Lipinski definition) is 5.